The first-order chi connectivity index (χ1) is 17.0. The lowest BCUT2D eigenvalue weighted by atomic mass is 10.1. The second-order valence-electron chi connectivity index (χ2n) is 8.41. The molecule has 0 spiro atoms. The van der Waals surface area contributed by atoms with Crippen LogP contribution in [0.5, 0.6) is 0 Å². The van der Waals surface area contributed by atoms with Crippen molar-refractivity contribution in [1.29, 1.82) is 0 Å². The molecule has 4 rings (SSSR count). The van der Waals surface area contributed by atoms with E-state index in [-0.39, 0.29) is 30.5 Å². The molecule has 8 nitrogen and oxygen atoms in total. The molecule has 180 valence electrons. The predicted octanol–water partition coefficient (Wildman–Crippen LogP) is 3.72. The third-order valence-electron chi connectivity index (χ3n) is 5.88. The maximum atomic E-state index is 13.2. The van der Waals surface area contributed by atoms with Gasteiger partial charge in [0, 0.05) is 24.2 Å². The number of nitrogens with one attached hydrogen (secondary N) is 2. The lowest BCUT2D eigenvalue weighted by molar-refractivity contribution is -0.115. The number of rotatable bonds is 9. The summed E-state index contributed by atoms with van der Waals surface area (Å²) < 4.78 is 1.36. The Morgan fingerprint density at radius 2 is 1.71 bits per heavy atom. The van der Waals surface area contributed by atoms with Gasteiger partial charge in [0.15, 0.2) is 0 Å². The zero-order valence-electron chi connectivity index (χ0n) is 19.7. The summed E-state index contributed by atoms with van der Waals surface area (Å²) in [6.07, 6.45) is 1.59. The fraction of sp³-hybridized carbons (Fsp3) is 0.222. The zero-order valence-corrected chi connectivity index (χ0v) is 19.7. The lowest BCUT2D eigenvalue weighted by Gasteiger charge is -2.26. The topological polar surface area (TPSA) is 113 Å². The Morgan fingerprint density at radius 3 is 2.49 bits per heavy atom. The number of anilines is 3. The molecule has 0 aliphatic carbocycles. The summed E-state index contributed by atoms with van der Waals surface area (Å²) >= 11 is 0. The van der Waals surface area contributed by atoms with Crippen LogP contribution in [-0.4, -0.2) is 22.0 Å². The first kappa shape index (κ1) is 23.8. The molecule has 0 radical (unpaired) electrons. The quantitative estimate of drug-likeness (QED) is 0.344. The summed E-state index contributed by atoms with van der Waals surface area (Å²) in [7, 11) is 0. The third kappa shape index (κ3) is 5.43. The average molecular weight is 472 g/mol. The Hall–Kier alpha value is -4.33. The first-order valence-corrected chi connectivity index (χ1v) is 11.7. The molecule has 1 heterocycles. The predicted molar refractivity (Wildman–Crippen MR) is 141 cm³/mol. The van der Waals surface area contributed by atoms with Crippen molar-refractivity contribution >= 4 is 33.9 Å². The van der Waals surface area contributed by atoms with E-state index in [1.54, 1.807) is 4.90 Å². The van der Waals surface area contributed by atoms with Crippen LogP contribution in [0.2, 0.25) is 0 Å². The maximum absolute atomic E-state index is 13.2. The second-order valence-corrected chi connectivity index (χ2v) is 8.41. The van der Waals surface area contributed by atoms with E-state index in [9.17, 15) is 14.4 Å². The number of nitrogens with zero attached hydrogens (tertiary/aromatic N) is 2. The van der Waals surface area contributed by atoms with E-state index in [0.29, 0.717) is 12.2 Å². The van der Waals surface area contributed by atoms with Crippen molar-refractivity contribution in [2.24, 2.45) is 0 Å². The molecule has 1 aromatic heterocycles. The fourth-order valence-corrected chi connectivity index (χ4v) is 4.14. The van der Waals surface area contributed by atoms with Crippen molar-refractivity contribution in [3.05, 3.63) is 99.2 Å². The Labute approximate surface area is 203 Å². The summed E-state index contributed by atoms with van der Waals surface area (Å²) in [6.45, 7) is 2.53. The van der Waals surface area contributed by atoms with Crippen LogP contribution >= 0.6 is 0 Å². The Bertz CT molecular complexity index is 1440. The van der Waals surface area contributed by atoms with Crippen LogP contribution in [0.3, 0.4) is 0 Å². The highest BCUT2D eigenvalue weighted by Crippen LogP contribution is 2.24. The molecule has 35 heavy (non-hydrogen) atoms. The summed E-state index contributed by atoms with van der Waals surface area (Å²) in [4.78, 5) is 42.5. The molecular weight excluding hydrogens is 442 g/mol. The Morgan fingerprint density at radius 1 is 1.00 bits per heavy atom. The van der Waals surface area contributed by atoms with Gasteiger partial charge >= 0.3 is 5.69 Å². The molecule has 0 bridgehead atoms. The number of carbonyl (C=O) groups excluding carboxylic acids is 1. The molecule has 0 aliphatic heterocycles. The number of aromatic nitrogens is 2. The third-order valence-corrected chi connectivity index (χ3v) is 5.88. The van der Waals surface area contributed by atoms with Crippen LogP contribution in [0, 0.1) is 0 Å². The zero-order chi connectivity index (χ0) is 24.8. The standard InChI is InChI=1S/C27H29N5O3/c1-2-3-16-32-25(28)24(26(34)30-27(32)35)31(17-19-10-5-4-6-11-19)18-23(33)29-22-15-9-13-20-12-7-8-14-21(20)22/h4-15H,2-3,16-18,28H2,1H3,(H,29,33)(H,30,34,35). The number of benzene rings is 3. The number of hydrogen-bond donors (Lipinski definition) is 3. The lowest BCUT2D eigenvalue weighted by Crippen LogP contribution is -2.41. The van der Waals surface area contributed by atoms with Gasteiger partial charge in [-0.2, -0.15) is 0 Å². The van der Waals surface area contributed by atoms with Crippen molar-refractivity contribution in [3.63, 3.8) is 0 Å². The van der Waals surface area contributed by atoms with Gasteiger partial charge in [0.05, 0.1) is 6.54 Å². The van der Waals surface area contributed by atoms with Gasteiger partial charge in [0.25, 0.3) is 5.56 Å². The van der Waals surface area contributed by atoms with Crippen molar-refractivity contribution in [2.75, 3.05) is 22.5 Å². The van der Waals surface area contributed by atoms with Gasteiger partial charge in [0.2, 0.25) is 5.91 Å². The minimum absolute atomic E-state index is 0.0566. The van der Waals surface area contributed by atoms with Crippen LogP contribution in [0.25, 0.3) is 10.8 Å². The van der Waals surface area contributed by atoms with E-state index in [2.05, 4.69) is 10.3 Å². The highest BCUT2D eigenvalue weighted by molar-refractivity contribution is 6.03. The SMILES string of the molecule is CCCCn1c(N)c(N(CC(=O)Nc2cccc3ccccc23)Cc2ccccc2)c(=O)[nH]c1=O. The fourth-order valence-electron chi connectivity index (χ4n) is 4.14. The van der Waals surface area contributed by atoms with Crippen molar-refractivity contribution in [2.45, 2.75) is 32.9 Å². The van der Waals surface area contributed by atoms with Crippen LogP contribution < -0.4 is 27.2 Å². The first-order valence-electron chi connectivity index (χ1n) is 11.7. The highest BCUT2D eigenvalue weighted by Gasteiger charge is 2.22. The summed E-state index contributed by atoms with van der Waals surface area (Å²) in [5, 5.41) is 4.90. The molecule has 4 aromatic rings. The number of fused-ring (bicyclic) bond motifs is 1. The number of unbranched alkanes of at least 4 members (excludes halogenated alkanes) is 1. The summed E-state index contributed by atoms with van der Waals surface area (Å²) in [5.74, 6) is -0.247. The smallest absolute Gasteiger partial charge is 0.330 e. The normalized spacial score (nSPS) is 10.9. The molecular formula is C27H29N5O3. The summed E-state index contributed by atoms with van der Waals surface area (Å²) in [5.41, 5.74) is 6.88. The largest absolute Gasteiger partial charge is 0.383 e. The molecule has 1 amide bonds. The van der Waals surface area contributed by atoms with Crippen molar-refractivity contribution in [3.8, 4) is 0 Å². The molecule has 0 saturated carbocycles. The molecule has 0 atom stereocenters. The minimum Gasteiger partial charge on any atom is -0.383 e. The van der Waals surface area contributed by atoms with Gasteiger partial charge < -0.3 is 16.0 Å². The van der Waals surface area contributed by atoms with Crippen molar-refractivity contribution in [1.82, 2.24) is 9.55 Å². The maximum Gasteiger partial charge on any atom is 0.330 e. The molecule has 4 N–H and O–H groups in total. The van der Waals surface area contributed by atoms with Gasteiger partial charge in [-0.3, -0.25) is 19.1 Å². The van der Waals surface area contributed by atoms with Crippen LogP contribution in [-0.2, 0) is 17.9 Å². The molecule has 0 unspecified atom stereocenters. The van der Waals surface area contributed by atoms with Crippen LogP contribution in [0.4, 0.5) is 17.2 Å². The molecule has 0 aliphatic rings. The van der Waals surface area contributed by atoms with Gasteiger partial charge in [-0.1, -0.05) is 80.1 Å². The minimum atomic E-state index is -0.617. The van der Waals surface area contributed by atoms with Gasteiger partial charge in [-0.05, 0) is 23.4 Å². The monoisotopic (exact) mass is 471 g/mol. The summed E-state index contributed by atoms with van der Waals surface area (Å²) in [6, 6.07) is 23.0. The molecule has 0 fully saturated rings. The van der Waals surface area contributed by atoms with Gasteiger partial charge in [0.1, 0.15) is 11.5 Å². The van der Waals surface area contributed by atoms with Crippen molar-refractivity contribution < 1.29 is 4.79 Å². The number of H-pyrrole nitrogens is 1. The van der Waals surface area contributed by atoms with E-state index in [1.807, 2.05) is 79.7 Å². The number of nitrogen functional groups attached to an aromatic ring is 1. The van der Waals surface area contributed by atoms with Crippen LogP contribution in [0.15, 0.2) is 82.4 Å². The van der Waals surface area contributed by atoms with Crippen LogP contribution in [0.1, 0.15) is 25.3 Å². The van der Waals surface area contributed by atoms with E-state index in [0.717, 1.165) is 29.2 Å². The van der Waals surface area contributed by atoms with E-state index < -0.39 is 11.2 Å². The van der Waals surface area contributed by atoms with Gasteiger partial charge in [-0.25, -0.2) is 4.79 Å². The Balaban J connectivity index is 1.69. The average Bonchev–Trinajstić information content (AvgIpc) is 2.84. The van der Waals surface area contributed by atoms with Gasteiger partial charge in [-0.15, -0.1) is 0 Å². The number of hydrogen-bond acceptors (Lipinski definition) is 5. The van der Waals surface area contributed by atoms with E-state index in [4.69, 9.17) is 5.73 Å². The Kier molecular flexibility index (Phi) is 7.30. The highest BCUT2D eigenvalue weighted by atomic mass is 16.2. The molecule has 0 saturated heterocycles. The van der Waals surface area contributed by atoms with E-state index in [1.165, 1.54) is 4.57 Å². The molecule has 3 aromatic carbocycles. The number of amides is 1. The van der Waals surface area contributed by atoms with E-state index >= 15 is 0 Å². The number of nitrogens with two attached hydrogens (primary N) is 1. The molecule has 8 heteroatoms. The second kappa shape index (κ2) is 10.7. The number of aromatic amines is 1. The number of carbonyl (C=O) groups is 1.